The van der Waals surface area contributed by atoms with Crippen molar-refractivity contribution in [2.24, 2.45) is 0 Å². The molecule has 0 fully saturated rings. The van der Waals surface area contributed by atoms with Gasteiger partial charge in [0.15, 0.2) is 11.5 Å². The molecule has 1 N–H and O–H groups in total. The van der Waals surface area contributed by atoms with Crippen molar-refractivity contribution in [3.8, 4) is 0 Å². The number of aryl methyl sites for hydroxylation is 2. The van der Waals surface area contributed by atoms with E-state index in [-0.39, 0.29) is 5.91 Å². The number of hydrogen-bond acceptors (Lipinski definition) is 4. The number of benzene rings is 1. The Morgan fingerprint density at radius 1 is 1.22 bits per heavy atom. The van der Waals surface area contributed by atoms with Crippen LogP contribution in [0, 0.1) is 0 Å². The lowest BCUT2D eigenvalue weighted by Crippen LogP contribution is -2.24. The molecule has 120 valence electrons. The predicted octanol–water partition coefficient (Wildman–Crippen LogP) is 2.55. The summed E-state index contributed by atoms with van der Waals surface area (Å²) in [6, 6.07) is 9.60. The van der Waals surface area contributed by atoms with Gasteiger partial charge in [-0.15, -0.1) is 0 Å². The highest BCUT2D eigenvalue weighted by atomic mass is 16.3. The molecule has 0 bridgehead atoms. The standard InChI is InChI=1S/C17H20N4O2/c22-16(8-4-12-21-13-5-11-19-21)18-10-3-9-17-20-14-6-1-2-7-15(14)23-17/h1-2,5-7,11,13H,3-4,8-10,12H2,(H,18,22). The van der Waals surface area contributed by atoms with E-state index in [0.29, 0.717) is 13.0 Å². The molecule has 0 radical (unpaired) electrons. The highest BCUT2D eigenvalue weighted by molar-refractivity contribution is 5.75. The number of amides is 1. The van der Waals surface area contributed by atoms with E-state index in [4.69, 9.17) is 4.42 Å². The Hall–Kier alpha value is -2.63. The van der Waals surface area contributed by atoms with Crippen LogP contribution in [0.5, 0.6) is 0 Å². The number of nitrogens with one attached hydrogen (secondary N) is 1. The van der Waals surface area contributed by atoms with Crippen LogP contribution in [0.15, 0.2) is 47.1 Å². The van der Waals surface area contributed by atoms with Gasteiger partial charge in [-0.3, -0.25) is 9.48 Å². The second-order valence-corrected chi connectivity index (χ2v) is 5.40. The molecule has 1 aromatic carbocycles. The second kappa shape index (κ2) is 7.58. The maximum absolute atomic E-state index is 11.7. The monoisotopic (exact) mass is 312 g/mol. The second-order valence-electron chi connectivity index (χ2n) is 5.40. The Morgan fingerprint density at radius 2 is 2.13 bits per heavy atom. The number of carbonyl (C=O) groups excluding carboxylic acids is 1. The van der Waals surface area contributed by atoms with E-state index in [1.807, 2.05) is 41.2 Å². The molecule has 23 heavy (non-hydrogen) atoms. The minimum atomic E-state index is 0.0784. The maximum Gasteiger partial charge on any atom is 0.220 e. The summed E-state index contributed by atoms with van der Waals surface area (Å²) in [5, 5.41) is 7.04. The third kappa shape index (κ3) is 4.42. The van der Waals surface area contributed by atoms with Gasteiger partial charge in [0.05, 0.1) is 0 Å². The highest BCUT2D eigenvalue weighted by Gasteiger charge is 2.05. The van der Waals surface area contributed by atoms with E-state index in [2.05, 4.69) is 15.4 Å². The minimum Gasteiger partial charge on any atom is -0.441 e. The molecular formula is C17H20N4O2. The van der Waals surface area contributed by atoms with Gasteiger partial charge in [-0.05, 0) is 31.0 Å². The van der Waals surface area contributed by atoms with Crippen LogP contribution in [0.1, 0.15) is 25.2 Å². The van der Waals surface area contributed by atoms with Gasteiger partial charge in [-0.1, -0.05) is 12.1 Å². The number of hydrogen-bond donors (Lipinski definition) is 1. The van der Waals surface area contributed by atoms with Gasteiger partial charge in [-0.25, -0.2) is 4.98 Å². The SMILES string of the molecule is O=C(CCCn1cccn1)NCCCc1nc2ccccc2o1. The summed E-state index contributed by atoms with van der Waals surface area (Å²) in [5.74, 6) is 0.800. The van der Waals surface area contributed by atoms with E-state index >= 15 is 0 Å². The summed E-state index contributed by atoms with van der Waals surface area (Å²) in [5.41, 5.74) is 1.69. The normalized spacial score (nSPS) is 11.0. The topological polar surface area (TPSA) is 73.0 Å². The molecule has 2 aromatic heterocycles. The van der Waals surface area contributed by atoms with Crippen LogP contribution in [0.25, 0.3) is 11.1 Å². The molecule has 6 nitrogen and oxygen atoms in total. The van der Waals surface area contributed by atoms with Crippen molar-refractivity contribution in [2.45, 2.75) is 32.2 Å². The summed E-state index contributed by atoms with van der Waals surface area (Å²) in [6.45, 7) is 1.41. The molecule has 1 amide bonds. The Morgan fingerprint density at radius 3 is 2.96 bits per heavy atom. The molecule has 3 aromatic rings. The Kier molecular flexibility index (Phi) is 5.03. The molecule has 0 saturated carbocycles. The Labute approximate surface area is 134 Å². The quantitative estimate of drug-likeness (QED) is 0.649. The van der Waals surface area contributed by atoms with Crippen molar-refractivity contribution in [3.05, 3.63) is 48.6 Å². The van der Waals surface area contributed by atoms with Crippen LogP contribution in [0.2, 0.25) is 0 Å². The van der Waals surface area contributed by atoms with Crippen molar-refractivity contribution in [1.82, 2.24) is 20.1 Å². The fourth-order valence-corrected chi connectivity index (χ4v) is 2.42. The molecule has 0 saturated heterocycles. The summed E-state index contributed by atoms with van der Waals surface area (Å²) < 4.78 is 7.48. The molecule has 2 heterocycles. The molecule has 3 rings (SSSR count). The Bertz CT molecular complexity index is 716. The molecular weight excluding hydrogens is 292 g/mol. The first-order chi connectivity index (χ1) is 11.3. The van der Waals surface area contributed by atoms with Crippen LogP contribution in [-0.2, 0) is 17.8 Å². The molecule has 0 atom stereocenters. The van der Waals surface area contributed by atoms with Crippen molar-refractivity contribution in [3.63, 3.8) is 0 Å². The lowest BCUT2D eigenvalue weighted by Gasteiger charge is -2.04. The third-order valence-electron chi connectivity index (χ3n) is 3.58. The fraction of sp³-hybridized carbons (Fsp3) is 0.353. The zero-order valence-corrected chi connectivity index (χ0v) is 12.9. The van der Waals surface area contributed by atoms with Gasteiger partial charge >= 0.3 is 0 Å². The number of oxazole rings is 1. The Balaban J connectivity index is 1.32. The maximum atomic E-state index is 11.7. The van der Waals surface area contributed by atoms with Gasteiger partial charge < -0.3 is 9.73 Å². The first kappa shape index (κ1) is 15.3. The third-order valence-corrected chi connectivity index (χ3v) is 3.58. The molecule has 0 aliphatic carbocycles. The van der Waals surface area contributed by atoms with Gasteiger partial charge in [0.2, 0.25) is 5.91 Å². The smallest absolute Gasteiger partial charge is 0.220 e. The summed E-state index contributed by atoms with van der Waals surface area (Å²) in [4.78, 5) is 16.2. The fourth-order valence-electron chi connectivity index (χ4n) is 2.42. The molecule has 0 aliphatic rings. The van der Waals surface area contributed by atoms with E-state index < -0.39 is 0 Å². The van der Waals surface area contributed by atoms with Crippen LogP contribution >= 0.6 is 0 Å². The van der Waals surface area contributed by atoms with E-state index in [1.165, 1.54) is 0 Å². The van der Waals surface area contributed by atoms with Crippen LogP contribution in [-0.4, -0.2) is 27.2 Å². The number of rotatable bonds is 8. The summed E-state index contributed by atoms with van der Waals surface area (Å²) >= 11 is 0. The minimum absolute atomic E-state index is 0.0784. The molecule has 0 spiro atoms. The average molecular weight is 312 g/mol. The van der Waals surface area contributed by atoms with Gasteiger partial charge in [0.1, 0.15) is 5.52 Å². The van der Waals surface area contributed by atoms with E-state index in [9.17, 15) is 4.79 Å². The van der Waals surface area contributed by atoms with Crippen LogP contribution in [0.4, 0.5) is 0 Å². The molecule has 0 aliphatic heterocycles. The molecule has 0 unspecified atom stereocenters. The predicted molar refractivity (Wildman–Crippen MR) is 86.8 cm³/mol. The number of aromatic nitrogens is 3. The lowest BCUT2D eigenvalue weighted by atomic mass is 10.2. The van der Waals surface area contributed by atoms with Crippen LogP contribution < -0.4 is 5.32 Å². The summed E-state index contributed by atoms with van der Waals surface area (Å²) in [7, 11) is 0. The first-order valence-electron chi connectivity index (χ1n) is 7.90. The lowest BCUT2D eigenvalue weighted by molar-refractivity contribution is -0.121. The number of carbonyl (C=O) groups is 1. The van der Waals surface area contributed by atoms with Crippen molar-refractivity contribution < 1.29 is 9.21 Å². The van der Waals surface area contributed by atoms with Gasteiger partial charge in [-0.2, -0.15) is 5.10 Å². The van der Waals surface area contributed by atoms with E-state index in [1.54, 1.807) is 6.20 Å². The highest BCUT2D eigenvalue weighted by Crippen LogP contribution is 2.15. The number of fused-ring (bicyclic) bond motifs is 1. The first-order valence-corrected chi connectivity index (χ1v) is 7.90. The van der Waals surface area contributed by atoms with Crippen molar-refractivity contribution in [1.29, 1.82) is 0 Å². The zero-order chi connectivity index (χ0) is 15.9. The number of nitrogens with zero attached hydrogens (tertiary/aromatic N) is 3. The largest absolute Gasteiger partial charge is 0.441 e. The van der Waals surface area contributed by atoms with E-state index in [0.717, 1.165) is 42.8 Å². The average Bonchev–Trinajstić information content (AvgIpc) is 3.20. The van der Waals surface area contributed by atoms with Crippen molar-refractivity contribution in [2.75, 3.05) is 6.54 Å². The summed E-state index contributed by atoms with van der Waals surface area (Å²) in [6.07, 6.45) is 6.49. The zero-order valence-electron chi connectivity index (χ0n) is 12.9. The van der Waals surface area contributed by atoms with Gasteiger partial charge in [0, 0.05) is 38.3 Å². The van der Waals surface area contributed by atoms with Gasteiger partial charge in [0.25, 0.3) is 0 Å². The van der Waals surface area contributed by atoms with Crippen LogP contribution in [0.3, 0.4) is 0 Å². The number of para-hydroxylation sites is 2. The van der Waals surface area contributed by atoms with Crippen molar-refractivity contribution >= 4 is 17.0 Å². The molecule has 6 heteroatoms.